The van der Waals surface area contributed by atoms with Crippen molar-refractivity contribution in [2.45, 2.75) is 33.3 Å². The average molecular weight is 357 g/mol. The van der Waals surface area contributed by atoms with Crippen LogP contribution >= 0.6 is 11.3 Å². The van der Waals surface area contributed by atoms with E-state index in [2.05, 4.69) is 24.3 Å². The van der Waals surface area contributed by atoms with Crippen molar-refractivity contribution in [2.24, 2.45) is 0 Å². The topological polar surface area (TPSA) is 88.5 Å². The Balaban J connectivity index is 2.00. The van der Waals surface area contributed by atoms with Gasteiger partial charge in [0.05, 0.1) is 17.8 Å². The molecule has 0 aliphatic heterocycles. The highest BCUT2D eigenvalue weighted by Crippen LogP contribution is 2.34. The van der Waals surface area contributed by atoms with Crippen molar-refractivity contribution >= 4 is 33.1 Å². The van der Waals surface area contributed by atoms with Gasteiger partial charge in [-0.1, -0.05) is 6.92 Å². The van der Waals surface area contributed by atoms with Crippen molar-refractivity contribution in [1.29, 1.82) is 0 Å². The first-order chi connectivity index (χ1) is 12.1. The highest BCUT2D eigenvalue weighted by molar-refractivity contribution is 7.18. The fourth-order valence-corrected chi connectivity index (χ4v) is 4.03. The van der Waals surface area contributed by atoms with Crippen LogP contribution in [0.2, 0.25) is 0 Å². The molecule has 0 fully saturated rings. The molecule has 130 valence electrons. The smallest absolute Gasteiger partial charge is 0.227 e. The number of hydrogen-bond acceptors (Lipinski definition) is 7. The number of nitrogens with one attached hydrogen (secondary N) is 1. The van der Waals surface area contributed by atoms with E-state index in [0.717, 1.165) is 22.3 Å². The number of furan rings is 1. The Labute approximate surface area is 148 Å². The maximum absolute atomic E-state index is 9.59. The summed E-state index contributed by atoms with van der Waals surface area (Å²) in [5.74, 6) is 1.70. The lowest BCUT2D eigenvalue weighted by Crippen LogP contribution is -2.18. The van der Waals surface area contributed by atoms with Gasteiger partial charge in [0.25, 0.3) is 0 Å². The summed E-state index contributed by atoms with van der Waals surface area (Å²) >= 11 is 1.66. The van der Waals surface area contributed by atoms with Crippen LogP contribution in [0, 0.1) is 6.92 Å². The molecular formula is C17H19N5O2S. The SMILES string of the molecule is CCc1c(C)sc2nc(NCC(C)O)n3nc(-c4ccco4)nc3c12. The monoisotopic (exact) mass is 357 g/mol. The first-order valence-corrected chi connectivity index (χ1v) is 9.04. The van der Waals surface area contributed by atoms with Crippen LogP contribution in [0.3, 0.4) is 0 Å². The van der Waals surface area contributed by atoms with E-state index in [1.165, 1.54) is 10.4 Å². The molecule has 1 unspecified atom stereocenters. The molecule has 0 aromatic carbocycles. The van der Waals surface area contributed by atoms with Crippen molar-refractivity contribution < 1.29 is 9.52 Å². The third kappa shape index (κ3) is 2.67. The van der Waals surface area contributed by atoms with Crippen LogP contribution in [0.1, 0.15) is 24.3 Å². The number of aryl methyl sites for hydroxylation is 2. The molecule has 2 N–H and O–H groups in total. The zero-order chi connectivity index (χ0) is 17.6. The Morgan fingerprint density at radius 3 is 2.92 bits per heavy atom. The minimum Gasteiger partial charge on any atom is -0.461 e. The molecule has 1 atom stereocenters. The predicted octanol–water partition coefficient (Wildman–Crippen LogP) is 3.26. The van der Waals surface area contributed by atoms with Crippen LogP contribution in [0.25, 0.3) is 27.4 Å². The lowest BCUT2D eigenvalue weighted by molar-refractivity contribution is 0.208. The second kappa shape index (κ2) is 6.12. The molecule has 0 aliphatic carbocycles. The van der Waals surface area contributed by atoms with Crippen molar-refractivity contribution in [3.8, 4) is 11.6 Å². The third-order valence-electron chi connectivity index (χ3n) is 4.08. The van der Waals surface area contributed by atoms with E-state index in [1.807, 2.05) is 12.1 Å². The molecule has 4 rings (SSSR count). The normalized spacial score (nSPS) is 13.0. The highest BCUT2D eigenvalue weighted by atomic mass is 32.1. The minimum absolute atomic E-state index is 0.383. The first kappa shape index (κ1) is 16.0. The van der Waals surface area contributed by atoms with Gasteiger partial charge in [-0.05, 0) is 38.0 Å². The highest BCUT2D eigenvalue weighted by Gasteiger charge is 2.20. The Hall–Kier alpha value is -2.45. The molecule has 4 aromatic heterocycles. The number of aromatic nitrogens is 4. The van der Waals surface area contributed by atoms with Crippen molar-refractivity contribution in [2.75, 3.05) is 11.9 Å². The minimum atomic E-state index is -0.489. The zero-order valence-electron chi connectivity index (χ0n) is 14.3. The molecule has 25 heavy (non-hydrogen) atoms. The predicted molar refractivity (Wildman–Crippen MR) is 98.2 cm³/mol. The first-order valence-electron chi connectivity index (χ1n) is 8.23. The van der Waals surface area contributed by atoms with Gasteiger partial charge in [-0.15, -0.1) is 16.4 Å². The van der Waals surface area contributed by atoms with Crippen LogP contribution in [0.15, 0.2) is 22.8 Å². The third-order valence-corrected chi connectivity index (χ3v) is 5.12. The molecule has 4 aromatic rings. The molecule has 0 radical (unpaired) electrons. The van der Waals surface area contributed by atoms with Gasteiger partial charge >= 0.3 is 0 Å². The summed E-state index contributed by atoms with van der Waals surface area (Å²) in [6.07, 6.45) is 2.03. The van der Waals surface area contributed by atoms with Crippen molar-refractivity contribution in [3.05, 3.63) is 28.8 Å². The second-order valence-electron chi connectivity index (χ2n) is 5.98. The summed E-state index contributed by atoms with van der Waals surface area (Å²) in [5, 5.41) is 18.4. The number of hydrogen-bond donors (Lipinski definition) is 2. The molecule has 0 bridgehead atoms. The Bertz CT molecular complexity index is 1030. The quantitative estimate of drug-likeness (QED) is 0.570. The number of thiophene rings is 1. The Morgan fingerprint density at radius 1 is 1.40 bits per heavy atom. The van der Waals surface area contributed by atoms with Gasteiger partial charge in [0.15, 0.2) is 11.4 Å². The number of aliphatic hydroxyl groups excluding tert-OH is 1. The maximum Gasteiger partial charge on any atom is 0.227 e. The number of anilines is 1. The van der Waals surface area contributed by atoms with Crippen LogP contribution in [-0.2, 0) is 6.42 Å². The zero-order valence-corrected chi connectivity index (χ0v) is 15.1. The fourth-order valence-electron chi connectivity index (χ4n) is 2.93. The molecule has 8 heteroatoms. The summed E-state index contributed by atoms with van der Waals surface area (Å²) in [6, 6.07) is 3.65. The van der Waals surface area contributed by atoms with Gasteiger partial charge in [-0.25, -0.2) is 9.97 Å². The van der Waals surface area contributed by atoms with Gasteiger partial charge < -0.3 is 14.8 Å². The standard InChI is InChI=1S/C17H19N5O2S/c1-4-11-10(3)25-16-13(11)15-19-14(12-6-5-7-24-12)21-22(15)17(20-16)18-8-9(2)23/h5-7,9,23H,4,8H2,1-3H3,(H,18,20). The molecule has 0 saturated heterocycles. The van der Waals surface area contributed by atoms with Crippen LogP contribution < -0.4 is 5.32 Å². The molecule has 0 aliphatic rings. The Kier molecular flexibility index (Phi) is 3.93. The van der Waals surface area contributed by atoms with Gasteiger partial charge in [-0.3, -0.25) is 0 Å². The summed E-state index contributed by atoms with van der Waals surface area (Å²) in [6.45, 7) is 6.35. The van der Waals surface area contributed by atoms with Crippen LogP contribution in [0.4, 0.5) is 5.95 Å². The Morgan fingerprint density at radius 2 is 2.24 bits per heavy atom. The van der Waals surface area contributed by atoms with E-state index in [9.17, 15) is 5.11 Å². The van der Waals surface area contributed by atoms with E-state index in [1.54, 1.807) is 29.0 Å². The molecule has 0 spiro atoms. The van der Waals surface area contributed by atoms with Gasteiger partial charge in [0, 0.05) is 11.4 Å². The van der Waals surface area contributed by atoms with E-state index in [4.69, 9.17) is 14.4 Å². The molecule has 7 nitrogen and oxygen atoms in total. The van der Waals surface area contributed by atoms with Gasteiger partial charge in [-0.2, -0.15) is 4.52 Å². The number of rotatable bonds is 5. The molecule has 0 saturated carbocycles. The summed E-state index contributed by atoms with van der Waals surface area (Å²) in [7, 11) is 0. The molecule has 4 heterocycles. The van der Waals surface area contributed by atoms with Crippen LogP contribution in [-0.4, -0.2) is 37.3 Å². The van der Waals surface area contributed by atoms with E-state index in [-0.39, 0.29) is 0 Å². The average Bonchev–Trinajstić information content (AvgIpc) is 3.29. The van der Waals surface area contributed by atoms with Gasteiger partial charge in [0.2, 0.25) is 11.8 Å². The lowest BCUT2D eigenvalue weighted by Gasteiger charge is -2.09. The number of nitrogens with zero attached hydrogens (tertiary/aromatic N) is 4. The number of aliphatic hydroxyl groups is 1. The largest absolute Gasteiger partial charge is 0.461 e. The molecule has 0 amide bonds. The fraction of sp³-hybridized carbons (Fsp3) is 0.353. The van der Waals surface area contributed by atoms with E-state index < -0.39 is 6.10 Å². The summed E-state index contributed by atoms with van der Waals surface area (Å²) in [5.41, 5.74) is 2.00. The number of fused-ring (bicyclic) bond motifs is 3. The maximum atomic E-state index is 9.59. The van der Waals surface area contributed by atoms with E-state index >= 15 is 0 Å². The summed E-state index contributed by atoms with van der Waals surface area (Å²) < 4.78 is 7.15. The summed E-state index contributed by atoms with van der Waals surface area (Å²) in [4.78, 5) is 11.6. The molecular weight excluding hydrogens is 338 g/mol. The van der Waals surface area contributed by atoms with Crippen molar-refractivity contribution in [1.82, 2.24) is 19.6 Å². The van der Waals surface area contributed by atoms with E-state index in [0.29, 0.717) is 24.1 Å². The van der Waals surface area contributed by atoms with Crippen LogP contribution in [0.5, 0.6) is 0 Å². The van der Waals surface area contributed by atoms with Crippen molar-refractivity contribution in [3.63, 3.8) is 0 Å². The lowest BCUT2D eigenvalue weighted by atomic mass is 10.1. The second-order valence-corrected chi connectivity index (χ2v) is 7.19. The van der Waals surface area contributed by atoms with Gasteiger partial charge in [0.1, 0.15) is 4.83 Å².